The number of phenols is 1. The lowest BCUT2D eigenvalue weighted by Gasteiger charge is -2.39. The second kappa shape index (κ2) is 14.2. The van der Waals surface area contributed by atoms with E-state index in [1.54, 1.807) is 20.3 Å². The fraction of sp³-hybridized carbons (Fsp3) is 0.538. The molecule has 0 spiro atoms. The summed E-state index contributed by atoms with van der Waals surface area (Å²) in [6.45, 7) is 2.63. The maximum atomic E-state index is 10.2. The molecule has 1 aliphatic heterocycles. The highest BCUT2D eigenvalue weighted by Crippen LogP contribution is 2.32. The molecule has 0 aliphatic carbocycles. The topological polar surface area (TPSA) is 122 Å². The molecule has 35 heavy (non-hydrogen) atoms. The Morgan fingerprint density at radius 3 is 2.49 bits per heavy atom. The minimum atomic E-state index is -0.931. The predicted octanol–water partition coefficient (Wildman–Crippen LogP) is 1.86. The molecule has 1 heterocycles. The highest BCUT2D eigenvalue weighted by atomic mass is 16.5. The molecule has 1 aliphatic rings. The van der Waals surface area contributed by atoms with E-state index in [0.717, 1.165) is 23.3 Å². The minimum Gasteiger partial charge on any atom is -0.506 e. The first-order chi connectivity index (χ1) is 17.0. The lowest BCUT2D eigenvalue weighted by molar-refractivity contribution is -0.0833. The number of hydrogen-bond acceptors (Lipinski definition) is 9. The van der Waals surface area contributed by atoms with E-state index in [9.17, 15) is 15.3 Å². The summed E-state index contributed by atoms with van der Waals surface area (Å²) in [5.41, 5.74) is 2.64. The van der Waals surface area contributed by atoms with Crippen LogP contribution in [0.3, 0.4) is 0 Å². The number of anilines is 1. The largest absolute Gasteiger partial charge is 0.506 e. The van der Waals surface area contributed by atoms with Crippen molar-refractivity contribution in [3.8, 4) is 11.5 Å². The molecule has 0 saturated carbocycles. The van der Waals surface area contributed by atoms with Crippen molar-refractivity contribution in [1.82, 2.24) is 5.32 Å². The Morgan fingerprint density at radius 1 is 1.06 bits per heavy atom. The summed E-state index contributed by atoms with van der Waals surface area (Å²) < 4.78 is 22.8. The smallest absolute Gasteiger partial charge is 0.138 e. The van der Waals surface area contributed by atoms with Gasteiger partial charge in [0.15, 0.2) is 0 Å². The fourth-order valence-corrected chi connectivity index (χ4v) is 4.19. The molecule has 2 aromatic carbocycles. The van der Waals surface area contributed by atoms with Gasteiger partial charge in [0.05, 0.1) is 44.8 Å². The lowest BCUT2D eigenvalue weighted by atomic mass is 9.85. The molecule has 4 atom stereocenters. The summed E-state index contributed by atoms with van der Waals surface area (Å²) in [5, 5.41) is 35.8. The highest BCUT2D eigenvalue weighted by molar-refractivity contribution is 5.57. The molecule has 3 rings (SSSR count). The van der Waals surface area contributed by atoms with Crippen molar-refractivity contribution in [3.05, 3.63) is 53.6 Å². The molecule has 1 saturated heterocycles. The van der Waals surface area contributed by atoms with Gasteiger partial charge in [-0.2, -0.15) is 0 Å². The van der Waals surface area contributed by atoms with Crippen LogP contribution in [0.25, 0.3) is 0 Å². The van der Waals surface area contributed by atoms with Crippen LogP contribution < -0.4 is 15.4 Å². The number of nitrogens with one attached hydrogen (secondary N) is 2. The van der Waals surface area contributed by atoms with E-state index >= 15 is 0 Å². The molecule has 0 amide bonds. The number of methoxy groups -OCH3 is 2. The average Bonchev–Trinajstić information content (AvgIpc) is 2.89. The summed E-state index contributed by atoms with van der Waals surface area (Å²) in [6, 6.07) is 13.2. The van der Waals surface area contributed by atoms with E-state index in [2.05, 4.69) is 10.6 Å². The third kappa shape index (κ3) is 8.06. The van der Waals surface area contributed by atoms with E-state index in [1.165, 1.54) is 0 Å². The summed E-state index contributed by atoms with van der Waals surface area (Å²) in [4.78, 5) is 0. The summed E-state index contributed by atoms with van der Waals surface area (Å²) >= 11 is 0. The quantitative estimate of drug-likeness (QED) is 0.200. The Morgan fingerprint density at radius 2 is 1.80 bits per heavy atom. The number of aliphatic hydroxyl groups excluding tert-OH is 2. The van der Waals surface area contributed by atoms with Crippen LogP contribution in [0.2, 0.25) is 0 Å². The van der Waals surface area contributed by atoms with Gasteiger partial charge < -0.3 is 44.9 Å². The van der Waals surface area contributed by atoms with Gasteiger partial charge in [0, 0.05) is 39.3 Å². The van der Waals surface area contributed by atoms with Crippen molar-refractivity contribution in [2.45, 2.75) is 37.3 Å². The van der Waals surface area contributed by atoms with Gasteiger partial charge >= 0.3 is 0 Å². The van der Waals surface area contributed by atoms with Gasteiger partial charge in [-0.25, -0.2) is 0 Å². The summed E-state index contributed by atoms with van der Waals surface area (Å²) in [7, 11) is 3.30. The maximum Gasteiger partial charge on any atom is 0.138 e. The first kappa shape index (κ1) is 27.2. The molecular formula is C26H38N2O7. The summed E-state index contributed by atoms with van der Waals surface area (Å²) in [6.07, 6.45) is -0.540. The zero-order valence-electron chi connectivity index (χ0n) is 20.5. The van der Waals surface area contributed by atoms with Crippen molar-refractivity contribution in [2.75, 3.05) is 59.0 Å². The molecule has 9 heteroatoms. The number of piperidine rings is 1. The number of aromatic hydroxyl groups is 1. The second-order valence-corrected chi connectivity index (χ2v) is 8.64. The average molecular weight is 491 g/mol. The van der Waals surface area contributed by atoms with E-state index < -0.39 is 6.10 Å². The Labute approximate surface area is 207 Å². The van der Waals surface area contributed by atoms with Gasteiger partial charge in [0.25, 0.3) is 0 Å². The number of phenolic OH excluding ortho intramolecular Hbond substituents is 1. The first-order valence-corrected chi connectivity index (χ1v) is 12.0. The second-order valence-electron chi connectivity index (χ2n) is 8.64. The van der Waals surface area contributed by atoms with Crippen LogP contribution in [0.1, 0.15) is 23.5 Å². The number of ether oxygens (including phenoxy) is 4. The molecule has 1 unspecified atom stereocenters. The van der Waals surface area contributed by atoms with E-state index in [-0.39, 0.29) is 37.1 Å². The number of aliphatic hydroxyl groups is 2. The molecule has 1 fully saturated rings. The van der Waals surface area contributed by atoms with Crippen LogP contribution in [-0.2, 0) is 20.8 Å². The molecule has 5 N–H and O–H groups in total. The molecule has 194 valence electrons. The van der Waals surface area contributed by atoms with Gasteiger partial charge in [-0.05, 0) is 41.8 Å². The van der Waals surface area contributed by atoms with Crippen molar-refractivity contribution in [3.63, 3.8) is 0 Å². The number of benzene rings is 2. The minimum absolute atomic E-state index is 0.0400. The SMILES string of the molecule is COCCCNc1cc(CO[C@H]2CNC[C@@H](OC[C@H](O)CO)C2c2ccc(OC)cc2)ccc1O. The molecule has 0 bridgehead atoms. The van der Waals surface area contributed by atoms with Crippen LogP contribution in [0.4, 0.5) is 5.69 Å². The highest BCUT2D eigenvalue weighted by Gasteiger charge is 2.36. The predicted molar refractivity (Wildman–Crippen MR) is 133 cm³/mol. The summed E-state index contributed by atoms with van der Waals surface area (Å²) in [5.74, 6) is 0.872. The Balaban J connectivity index is 1.71. The monoisotopic (exact) mass is 490 g/mol. The Hall–Kier alpha value is -2.40. The molecule has 9 nitrogen and oxygen atoms in total. The van der Waals surface area contributed by atoms with Crippen molar-refractivity contribution in [2.24, 2.45) is 0 Å². The van der Waals surface area contributed by atoms with Gasteiger partial charge in [0.2, 0.25) is 0 Å². The Bertz CT molecular complexity index is 881. The van der Waals surface area contributed by atoms with Gasteiger partial charge in [-0.15, -0.1) is 0 Å². The standard InChI is InChI=1S/C26H38N2O7/c1-32-11-3-10-28-22-12-18(4-9-23(22)31)16-34-24-13-27-14-25(35-17-20(30)15-29)26(24)19-5-7-21(33-2)8-6-19/h4-9,12,20,24-31H,3,10-11,13-17H2,1-2H3/t20-,24+,25-,26?/m1/s1. The third-order valence-electron chi connectivity index (χ3n) is 6.07. The molecule has 0 radical (unpaired) electrons. The lowest BCUT2D eigenvalue weighted by Crippen LogP contribution is -2.51. The van der Waals surface area contributed by atoms with E-state index in [4.69, 9.17) is 18.9 Å². The number of rotatable bonds is 14. The van der Waals surface area contributed by atoms with Gasteiger partial charge in [0.1, 0.15) is 17.6 Å². The maximum absolute atomic E-state index is 10.2. The first-order valence-electron chi connectivity index (χ1n) is 12.0. The van der Waals surface area contributed by atoms with Crippen LogP contribution in [-0.4, -0.2) is 87.3 Å². The molecule has 2 aromatic rings. The molecule has 0 aromatic heterocycles. The fourth-order valence-electron chi connectivity index (χ4n) is 4.19. The van der Waals surface area contributed by atoms with Gasteiger partial charge in [-0.1, -0.05) is 18.2 Å². The Kier molecular flexibility index (Phi) is 11.1. The number of hydrogen-bond donors (Lipinski definition) is 5. The van der Waals surface area contributed by atoms with E-state index in [1.807, 2.05) is 36.4 Å². The van der Waals surface area contributed by atoms with E-state index in [0.29, 0.717) is 38.5 Å². The molecular weight excluding hydrogens is 452 g/mol. The van der Waals surface area contributed by atoms with Crippen molar-refractivity contribution in [1.29, 1.82) is 0 Å². The zero-order valence-corrected chi connectivity index (χ0v) is 20.5. The third-order valence-corrected chi connectivity index (χ3v) is 6.07. The van der Waals surface area contributed by atoms with Crippen LogP contribution in [0.5, 0.6) is 11.5 Å². The van der Waals surface area contributed by atoms with Crippen LogP contribution in [0, 0.1) is 0 Å². The zero-order chi connectivity index (χ0) is 25.0. The van der Waals surface area contributed by atoms with Crippen LogP contribution in [0.15, 0.2) is 42.5 Å². The van der Waals surface area contributed by atoms with Gasteiger partial charge in [-0.3, -0.25) is 0 Å². The van der Waals surface area contributed by atoms with Crippen molar-refractivity contribution >= 4 is 5.69 Å². The normalized spacial score (nSPS) is 21.0. The van der Waals surface area contributed by atoms with Crippen LogP contribution >= 0.6 is 0 Å². The van der Waals surface area contributed by atoms with Crippen molar-refractivity contribution < 1.29 is 34.3 Å².